The van der Waals surface area contributed by atoms with Gasteiger partial charge in [0.1, 0.15) is 12.0 Å². The maximum Gasteiger partial charge on any atom is 0.287 e. The van der Waals surface area contributed by atoms with Crippen LogP contribution in [0.1, 0.15) is 5.56 Å². The van der Waals surface area contributed by atoms with E-state index in [9.17, 15) is 14.3 Å². The summed E-state index contributed by atoms with van der Waals surface area (Å²) in [6.45, 7) is 0. The lowest BCUT2D eigenvalue weighted by atomic mass is 10.2. The van der Waals surface area contributed by atoms with Gasteiger partial charge in [-0.1, -0.05) is 30.3 Å². The zero-order chi connectivity index (χ0) is 17.6. The zero-order valence-electron chi connectivity index (χ0n) is 13.2. The molecule has 1 N–H and O–H groups in total. The Bertz CT molecular complexity index is 899. The Balaban J connectivity index is 1.71. The second kappa shape index (κ2) is 7.67. The lowest BCUT2D eigenvalue weighted by molar-refractivity contribution is -0.385. The number of hydrogen-bond donors (Lipinski definition) is 1. The van der Waals surface area contributed by atoms with Crippen molar-refractivity contribution >= 4 is 28.0 Å². The van der Waals surface area contributed by atoms with Crippen molar-refractivity contribution in [1.29, 1.82) is 0 Å². The van der Waals surface area contributed by atoms with Crippen molar-refractivity contribution in [2.45, 2.75) is 10.6 Å². The normalized spacial score (nSPS) is 11.7. The van der Waals surface area contributed by atoms with Crippen LogP contribution in [0.15, 0.2) is 77.8 Å². The number of benzene rings is 2. The van der Waals surface area contributed by atoms with Gasteiger partial charge in [-0.3, -0.25) is 14.3 Å². The summed E-state index contributed by atoms with van der Waals surface area (Å²) in [5.74, 6) is 0.916. The first-order chi connectivity index (χ1) is 12.1. The topological polar surface area (TPSA) is 85.1 Å². The van der Waals surface area contributed by atoms with Gasteiger partial charge in [0, 0.05) is 16.6 Å². The lowest BCUT2D eigenvalue weighted by Crippen LogP contribution is -1.98. The third-order valence-electron chi connectivity index (χ3n) is 3.46. The first kappa shape index (κ1) is 16.8. The Kier molecular flexibility index (Phi) is 5.15. The minimum absolute atomic E-state index is 0.0578. The van der Waals surface area contributed by atoms with Gasteiger partial charge in [0.2, 0.25) is 0 Å². The van der Waals surface area contributed by atoms with E-state index < -0.39 is 15.7 Å². The molecule has 0 fully saturated rings. The van der Waals surface area contributed by atoms with Crippen LogP contribution in [0.5, 0.6) is 0 Å². The second-order valence-electron chi connectivity index (χ2n) is 5.29. The highest BCUT2D eigenvalue weighted by Gasteiger charge is 2.07. The van der Waals surface area contributed by atoms with E-state index in [1.807, 2.05) is 54.6 Å². The average Bonchev–Trinajstić information content (AvgIpc) is 2.63. The van der Waals surface area contributed by atoms with E-state index in [0.29, 0.717) is 11.6 Å². The average molecular weight is 353 g/mol. The SMILES string of the molecule is O=[N+]([O-])c1ccc(Nc2cccc(CS(=O)c3ccccc3)c2)nc1. The van der Waals surface area contributed by atoms with Gasteiger partial charge in [-0.05, 0) is 35.9 Å². The number of anilines is 2. The molecule has 7 heteroatoms. The van der Waals surface area contributed by atoms with Gasteiger partial charge in [0.15, 0.2) is 0 Å². The van der Waals surface area contributed by atoms with E-state index in [1.165, 1.54) is 12.3 Å². The maximum absolute atomic E-state index is 12.4. The van der Waals surface area contributed by atoms with Crippen molar-refractivity contribution in [1.82, 2.24) is 4.98 Å². The van der Waals surface area contributed by atoms with Gasteiger partial charge in [-0.2, -0.15) is 0 Å². The Morgan fingerprint density at radius 2 is 1.84 bits per heavy atom. The molecule has 0 saturated heterocycles. The van der Waals surface area contributed by atoms with Crippen molar-refractivity contribution < 1.29 is 9.13 Å². The lowest BCUT2D eigenvalue weighted by Gasteiger charge is -2.08. The molecule has 3 rings (SSSR count). The Labute approximate surface area is 147 Å². The summed E-state index contributed by atoms with van der Waals surface area (Å²) in [7, 11) is -1.12. The fourth-order valence-corrected chi connectivity index (χ4v) is 3.37. The molecule has 0 bridgehead atoms. The molecule has 25 heavy (non-hydrogen) atoms. The molecule has 0 aliphatic carbocycles. The highest BCUT2D eigenvalue weighted by atomic mass is 32.2. The molecule has 2 aromatic carbocycles. The zero-order valence-corrected chi connectivity index (χ0v) is 14.0. The van der Waals surface area contributed by atoms with Crippen molar-refractivity contribution in [2.24, 2.45) is 0 Å². The summed E-state index contributed by atoms with van der Waals surface area (Å²) in [5.41, 5.74) is 1.65. The number of rotatable bonds is 6. The number of nitrogens with zero attached hydrogens (tertiary/aromatic N) is 2. The molecule has 0 spiro atoms. The predicted octanol–water partition coefficient (Wildman–Crippen LogP) is 4.04. The van der Waals surface area contributed by atoms with Gasteiger partial charge in [0.25, 0.3) is 5.69 Å². The standard InChI is InChI=1S/C18H15N3O3S/c22-21(23)16-9-10-18(19-12-16)20-15-6-4-5-14(11-15)13-25(24)17-7-2-1-3-8-17/h1-12H,13H2,(H,19,20). The number of pyridine rings is 1. The van der Waals surface area contributed by atoms with E-state index in [2.05, 4.69) is 10.3 Å². The van der Waals surface area contributed by atoms with Crippen LogP contribution in [0.3, 0.4) is 0 Å². The monoisotopic (exact) mass is 353 g/mol. The summed E-state index contributed by atoms with van der Waals surface area (Å²) < 4.78 is 12.4. The molecule has 1 atom stereocenters. The molecule has 0 saturated carbocycles. The largest absolute Gasteiger partial charge is 0.340 e. The molecule has 6 nitrogen and oxygen atoms in total. The molecule has 1 unspecified atom stereocenters. The van der Waals surface area contributed by atoms with Gasteiger partial charge in [-0.25, -0.2) is 4.98 Å². The molecule has 0 radical (unpaired) electrons. The Morgan fingerprint density at radius 1 is 1.04 bits per heavy atom. The van der Waals surface area contributed by atoms with E-state index in [0.717, 1.165) is 16.1 Å². The van der Waals surface area contributed by atoms with Crippen LogP contribution in [-0.4, -0.2) is 14.1 Å². The van der Waals surface area contributed by atoms with Crippen molar-refractivity contribution in [3.8, 4) is 0 Å². The molecule has 0 aliphatic rings. The molecule has 126 valence electrons. The first-order valence-electron chi connectivity index (χ1n) is 7.51. The molecule has 3 aromatic rings. The van der Waals surface area contributed by atoms with Crippen LogP contribution in [-0.2, 0) is 16.6 Å². The van der Waals surface area contributed by atoms with Crippen LogP contribution < -0.4 is 5.32 Å². The van der Waals surface area contributed by atoms with Crippen molar-refractivity contribution in [2.75, 3.05) is 5.32 Å². The quantitative estimate of drug-likeness (QED) is 0.534. The molecule has 0 amide bonds. The van der Waals surface area contributed by atoms with Crippen LogP contribution in [0.25, 0.3) is 0 Å². The van der Waals surface area contributed by atoms with Crippen LogP contribution >= 0.6 is 0 Å². The number of hydrogen-bond acceptors (Lipinski definition) is 5. The van der Waals surface area contributed by atoms with Crippen molar-refractivity contribution in [3.63, 3.8) is 0 Å². The molecule has 0 aliphatic heterocycles. The molecule has 1 heterocycles. The van der Waals surface area contributed by atoms with Crippen LogP contribution in [0.4, 0.5) is 17.2 Å². The summed E-state index contributed by atoms with van der Waals surface area (Å²) in [5, 5.41) is 13.7. The predicted molar refractivity (Wildman–Crippen MR) is 97.2 cm³/mol. The summed E-state index contributed by atoms with van der Waals surface area (Å²) in [4.78, 5) is 15.0. The van der Waals surface area contributed by atoms with E-state index in [1.54, 1.807) is 6.07 Å². The van der Waals surface area contributed by atoms with Crippen molar-refractivity contribution in [3.05, 3.63) is 88.6 Å². The number of aromatic nitrogens is 1. The minimum Gasteiger partial charge on any atom is -0.340 e. The fourth-order valence-electron chi connectivity index (χ4n) is 2.26. The van der Waals surface area contributed by atoms with Crippen LogP contribution in [0, 0.1) is 10.1 Å². The van der Waals surface area contributed by atoms with E-state index in [-0.39, 0.29) is 5.69 Å². The number of nitro groups is 1. The summed E-state index contributed by atoms with van der Waals surface area (Å²) >= 11 is 0. The summed E-state index contributed by atoms with van der Waals surface area (Å²) in [6.07, 6.45) is 1.21. The highest BCUT2D eigenvalue weighted by Crippen LogP contribution is 2.20. The van der Waals surface area contributed by atoms with Gasteiger partial charge in [-0.15, -0.1) is 0 Å². The van der Waals surface area contributed by atoms with Gasteiger partial charge < -0.3 is 5.32 Å². The summed E-state index contributed by atoms with van der Waals surface area (Å²) in [6, 6.07) is 19.8. The third kappa shape index (κ3) is 4.48. The first-order valence-corrected chi connectivity index (χ1v) is 8.83. The molecule has 1 aromatic heterocycles. The Hall–Kier alpha value is -3.06. The Morgan fingerprint density at radius 3 is 2.52 bits per heavy atom. The molecular weight excluding hydrogens is 338 g/mol. The van der Waals surface area contributed by atoms with E-state index in [4.69, 9.17) is 0 Å². The minimum atomic E-state index is -1.12. The third-order valence-corrected chi connectivity index (χ3v) is 4.86. The van der Waals surface area contributed by atoms with Gasteiger partial charge in [0.05, 0.1) is 21.5 Å². The fraction of sp³-hybridized carbons (Fsp3) is 0.0556. The van der Waals surface area contributed by atoms with Crippen LogP contribution in [0.2, 0.25) is 0 Å². The van der Waals surface area contributed by atoms with E-state index >= 15 is 0 Å². The maximum atomic E-state index is 12.4. The number of nitrogens with one attached hydrogen (secondary N) is 1. The second-order valence-corrected chi connectivity index (χ2v) is 6.74. The van der Waals surface area contributed by atoms with Gasteiger partial charge >= 0.3 is 0 Å². The highest BCUT2D eigenvalue weighted by molar-refractivity contribution is 7.84. The molecular formula is C18H15N3O3S. The smallest absolute Gasteiger partial charge is 0.287 e.